The van der Waals surface area contributed by atoms with Crippen LogP contribution >= 0.6 is 22.9 Å². The first-order chi connectivity index (χ1) is 9.81. The number of rotatable bonds is 16. The number of aliphatic hydroxyl groups is 1. The molecule has 1 unspecified atom stereocenters. The van der Waals surface area contributed by atoms with Crippen molar-refractivity contribution in [2.45, 2.75) is 6.10 Å². The van der Waals surface area contributed by atoms with Crippen LogP contribution in [0.15, 0.2) is 0 Å². The van der Waals surface area contributed by atoms with E-state index >= 15 is 0 Å². The van der Waals surface area contributed by atoms with Crippen LogP contribution in [0.5, 0.6) is 0 Å². The summed E-state index contributed by atoms with van der Waals surface area (Å²) in [5.74, 6) is 0. The fourth-order valence-corrected chi connectivity index (χ4v) is 1.45. The molecule has 0 bridgehead atoms. The molecule has 0 saturated heterocycles. The zero-order chi connectivity index (χ0) is 14.9. The standard InChI is InChI=1S/C12H26INO6/c1-16-10-12(15)11-20-9-8-19-7-6-18-5-4-17-3-2-14-13/h12,14-15H,2-11H2,1H3. The summed E-state index contributed by atoms with van der Waals surface area (Å²) < 4.78 is 28.9. The van der Waals surface area contributed by atoms with E-state index in [0.717, 1.165) is 6.54 Å². The Kier molecular flexibility index (Phi) is 17.9. The van der Waals surface area contributed by atoms with Gasteiger partial charge in [-0.05, 0) is 0 Å². The van der Waals surface area contributed by atoms with Crippen LogP contribution in [0.3, 0.4) is 0 Å². The fourth-order valence-electron chi connectivity index (χ4n) is 1.23. The van der Waals surface area contributed by atoms with Crippen LogP contribution in [0.2, 0.25) is 0 Å². The third-order valence-electron chi connectivity index (χ3n) is 2.13. The van der Waals surface area contributed by atoms with Gasteiger partial charge in [0.15, 0.2) is 0 Å². The molecular formula is C12H26INO6. The summed E-state index contributed by atoms with van der Waals surface area (Å²) in [5, 5.41) is 9.30. The van der Waals surface area contributed by atoms with Crippen molar-refractivity contribution in [3.63, 3.8) is 0 Å². The Balaban J connectivity index is 2.99. The summed E-state index contributed by atoms with van der Waals surface area (Å²) in [6.07, 6.45) is -0.578. The molecule has 0 aromatic rings. The number of aliphatic hydroxyl groups excluding tert-OH is 1. The van der Waals surface area contributed by atoms with E-state index in [0.29, 0.717) is 46.2 Å². The van der Waals surface area contributed by atoms with E-state index in [2.05, 4.69) is 26.4 Å². The van der Waals surface area contributed by atoms with Crippen LogP contribution in [-0.4, -0.2) is 84.3 Å². The molecule has 0 aliphatic carbocycles. The van der Waals surface area contributed by atoms with Gasteiger partial charge in [-0.15, -0.1) is 0 Å². The maximum atomic E-state index is 9.30. The van der Waals surface area contributed by atoms with Crippen molar-refractivity contribution in [1.82, 2.24) is 3.53 Å². The lowest BCUT2D eigenvalue weighted by molar-refractivity contribution is -0.0318. The van der Waals surface area contributed by atoms with Gasteiger partial charge in [0.1, 0.15) is 6.10 Å². The summed E-state index contributed by atoms with van der Waals surface area (Å²) in [6, 6.07) is 0. The summed E-state index contributed by atoms with van der Waals surface area (Å²) in [6.45, 7) is 5.25. The molecule has 0 heterocycles. The Hall–Kier alpha value is 0.450. The van der Waals surface area contributed by atoms with E-state index in [1.165, 1.54) is 7.11 Å². The molecule has 0 radical (unpaired) electrons. The highest BCUT2D eigenvalue weighted by atomic mass is 127. The van der Waals surface area contributed by atoms with E-state index < -0.39 is 6.10 Å². The average molecular weight is 407 g/mol. The topological polar surface area (TPSA) is 78.4 Å². The SMILES string of the molecule is COCC(O)COCCOCCOCCOCCNI. The highest BCUT2D eigenvalue weighted by molar-refractivity contribution is 14.1. The van der Waals surface area contributed by atoms with Crippen molar-refractivity contribution in [3.05, 3.63) is 0 Å². The van der Waals surface area contributed by atoms with Crippen molar-refractivity contribution in [2.75, 3.05) is 73.1 Å². The van der Waals surface area contributed by atoms with Crippen LogP contribution < -0.4 is 3.53 Å². The van der Waals surface area contributed by atoms with Gasteiger partial charge in [-0.2, -0.15) is 0 Å². The first-order valence-corrected chi connectivity index (χ1v) is 7.70. The minimum atomic E-state index is -0.578. The predicted molar refractivity (Wildman–Crippen MR) is 83.2 cm³/mol. The van der Waals surface area contributed by atoms with Gasteiger partial charge in [0, 0.05) is 36.5 Å². The average Bonchev–Trinajstić information content (AvgIpc) is 2.44. The van der Waals surface area contributed by atoms with Gasteiger partial charge in [-0.25, -0.2) is 0 Å². The van der Waals surface area contributed by atoms with Crippen molar-refractivity contribution in [1.29, 1.82) is 0 Å². The minimum Gasteiger partial charge on any atom is -0.388 e. The lowest BCUT2D eigenvalue weighted by atomic mass is 10.4. The van der Waals surface area contributed by atoms with E-state index in [4.69, 9.17) is 23.7 Å². The van der Waals surface area contributed by atoms with Crippen molar-refractivity contribution >= 4 is 22.9 Å². The molecule has 1 atom stereocenters. The van der Waals surface area contributed by atoms with Gasteiger partial charge < -0.3 is 28.8 Å². The molecule has 8 heteroatoms. The zero-order valence-electron chi connectivity index (χ0n) is 12.0. The molecule has 0 fully saturated rings. The maximum absolute atomic E-state index is 9.30. The summed E-state index contributed by atoms with van der Waals surface area (Å²) in [7, 11) is 1.54. The first kappa shape index (κ1) is 20.5. The fraction of sp³-hybridized carbons (Fsp3) is 1.00. The number of nitrogens with one attached hydrogen (secondary N) is 1. The molecule has 0 saturated carbocycles. The molecule has 0 spiro atoms. The van der Waals surface area contributed by atoms with Gasteiger partial charge in [0.05, 0.1) is 59.5 Å². The third-order valence-corrected chi connectivity index (χ3v) is 2.67. The molecule has 7 nitrogen and oxygen atoms in total. The molecule has 0 rings (SSSR count). The largest absolute Gasteiger partial charge is 0.388 e. The smallest absolute Gasteiger partial charge is 0.101 e. The normalized spacial score (nSPS) is 12.8. The van der Waals surface area contributed by atoms with Crippen molar-refractivity contribution < 1.29 is 28.8 Å². The van der Waals surface area contributed by atoms with Gasteiger partial charge in [-0.3, -0.25) is 3.53 Å². The highest BCUT2D eigenvalue weighted by Crippen LogP contribution is 1.87. The van der Waals surface area contributed by atoms with Gasteiger partial charge in [0.25, 0.3) is 0 Å². The molecule has 20 heavy (non-hydrogen) atoms. The highest BCUT2D eigenvalue weighted by Gasteiger charge is 2.02. The van der Waals surface area contributed by atoms with Crippen LogP contribution in [0.1, 0.15) is 0 Å². The molecule has 0 aliphatic heterocycles. The zero-order valence-corrected chi connectivity index (χ0v) is 14.2. The molecule has 0 aromatic heterocycles. The maximum Gasteiger partial charge on any atom is 0.101 e. The lowest BCUT2D eigenvalue weighted by Crippen LogP contribution is -2.22. The first-order valence-electron chi connectivity index (χ1n) is 6.62. The van der Waals surface area contributed by atoms with E-state index in [1.54, 1.807) is 0 Å². The Bertz CT molecular complexity index is 189. The number of halogens is 1. The van der Waals surface area contributed by atoms with Gasteiger partial charge in [0.2, 0.25) is 0 Å². The molecule has 0 amide bonds. The molecule has 2 N–H and O–H groups in total. The van der Waals surface area contributed by atoms with Crippen molar-refractivity contribution in [3.8, 4) is 0 Å². The third kappa shape index (κ3) is 16.5. The van der Waals surface area contributed by atoms with Crippen LogP contribution in [0.4, 0.5) is 0 Å². The van der Waals surface area contributed by atoms with E-state index in [-0.39, 0.29) is 13.2 Å². The Morgan fingerprint density at radius 3 is 1.85 bits per heavy atom. The van der Waals surface area contributed by atoms with Crippen LogP contribution in [-0.2, 0) is 23.7 Å². The number of hydrogen-bond donors (Lipinski definition) is 2. The van der Waals surface area contributed by atoms with Crippen LogP contribution in [0.25, 0.3) is 0 Å². The number of hydrogen-bond acceptors (Lipinski definition) is 7. The Morgan fingerprint density at radius 2 is 1.35 bits per heavy atom. The summed E-state index contributed by atoms with van der Waals surface area (Å²) in [5.41, 5.74) is 0. The second-order valence-electron chi connectivity index (χ2n) is 3.90. The second-order valence-corrected chi connectivity index (χ2v) is 4.67. The molecule has 122 valence electrons. The second kappa shape index (κ2) is 17.5. The monoisotopic (exact) mass is 407 g/mol. The molecule has 0 aromatic carbocycles. The minimum absolute atomic E-state index is 0.261. The summed E-state index contributed by atoms with van der Waals surface area (Å²) >= 11 is 2.08. The predicted octanol–water partition coefficient (Wildman–Crippen LogP) is -0.000300. The number of ether oxygens (including phenoxy) is 5. The van der Waals surface area contributed by atoms with E-state index in [9.17, 15) is 5.11 Å². The lowest BCUT2D eigenvalue weighted by Gasteiger charge is -2.10. The molecule has 0 aliphatic rings. The molecular weight excluding hydrogens is 381 g/mol. The van der Waals surface area contributed by atoms with Gasteiger partial charge in [-0.1, -0.05) is 0 Å². The van der Waals surface area contributed by atoms with E-state index in [1.807, 2.05) is 0 Å². The van der Waals surface area contributed by atoms with Crippen molar-refractivity contribution in [2.24, 2.45) is 0 Å². The number of methoxy groups -OCH3 is 1. The van der Waals surface area contributed by atoms with Crippen LogP contribution in [0, 0.1) is 0 Å². The summed E-state index contributed by atoms with van der Waals surface area (Å²) in [4.78, 5) is 0. The Labute approximate surface area is 134 Å². The quantitative estimate of drug-likeness (QED) is 0.212. The van der Waals surface area contributed by atoms with Gasteiger partial charge >= 0.3 is 0 Å². The Morgan fingerprint density at radius 1 is 0.850 bits per heavy atom.